The lowest BCUT2D eigenvalue weighted by atomic mass is 10.1. The van der Waals surface area contributed by atoms with Gasteiger partial charge in [-0.15, -0.1) is 0 Å². The predicted molar refractivity (Wildman–Crippen MR) is 79.9 cm³/mol. The summed E-state index contributed by atoms with van der Waals surface area (Å²) in [6.45, 7) is 6.25. The van der Waals surface area contributed by atoms with E-state index < -0.39 is 0 Å². The number of amides is 1. The van der Waals surface area contributed by atoms with Crippen LogP contribution in [0.4, 0.5) is 0 Å². The van der Waals surface area contributed by atoms with Crippen molar-refractivity contribution in [1.29, 1.82) is 0 Å². The zero-order valence-electron chi connectivity index (χ0n) is 11.4. The van der Waals surface area contributed by atoms with Crippen molar-refractivity contribution in [3.8, 4) is 0 Å². The van der Waals surface area contributed by atoms with Gasteiger partial charge in [-0.25, -0.2) is 0 Å². The summed E-state index contributed by atoms with van der Waals surface area (Å²) < 4.78 is 1.04. The van der Waals surface area contributed by atoms with Crippen molar-refractivity contribution >= 4 is 21.8 Å². The lowest BCUT2D eigenvalue weighted by Crippen LogP contribution is -2.32. The first-order valence-corrected chi connectivity index (χ1v) is 7.41. The first kappa shape index (κ1) is 15.2. The van der Waals surface area contributed by atoms with Crippen LogP contribution in [-0.2, 0) is 0 Å². The molecule has 100 valence electrons. The summed E-state index contributed by atoms with van der Waals surface area (Å²) in [5, 5.41) is 3.05. The Balaban J connectivity index is 2.51. The molecule has 1 aromatic rings. The van der Waals surface area contributed by atoms with E-state index in [9.17, 15) is 4.79 Å². The van der Waals surface area contributed by atoms with Gasteiger partial charge in [-0.1, -0.05) is 42.1 Å². The van der Waals surface area contributed by atoms with E-state index in [0.29, 0.717) is 0 Å². The molecule has 0 radical (unpaired) electrons. The summed E-state index contributed by atoms with van der Waals surface area (Å²) in [4.78, 5) is 12.0. The Labute approximate surface area is 118 Å². The smallest absolute Gasteiger partial charge is 0.251 e. The molecule has 0 aliphatic heterocycles. The number of hydrogen-bond acceptors (Lipinski definition) is 1. The summed E-state index contributed by atoms with van der Waals surface area (Å²) in [6.07, 6.45) is 4.68. The van der Waals surface area contributed by atoms with Crippen molar-refractivity contribution in [2.24, 2.45) is 0 Å². The number of halogens is 1. The van der Waals surface area contributed by atoms with Gasteiger partial charge in [0, 0.05) is 16.1 Å². The fourth-order valence-corrected chi connectivity index (χ4v) is 2.11. The minimum Gasteiger partial charge on any atom is -0.350 e. The number of benzene rings is 1. The van der Waals surface area contributed by atoms with Gasteiger partial charge >= 0.3 is 0 Å². The number of unbranched alkanes of at least 4 members (excludes halogenated alkanes) is 2. The van der Waals surface area contributed by atoms with Gasteiger partial charge < -0.3 is 5.32 Å². The number of carbonyl (C=O) groups is 1. The Morgan fingerprint density at radius 1 is 1.39 bits per heavy atom. The first-order valence-electron chi connectivity index (χ1n) is 6.61. The van der Waals surface area contributed by atoms with E-state index in [-0.39, 0.29) is 11.9 Å². The molecule has 1 N–H and O–H groups in total. The second-order valence-electron chi connectivity index (χ2n) is 4.83. The van der Waals surface area contributed by atoms with Crippen LogP contribution in [0.1, 0.15) is 55.5 Å². The minimum absolute atomic E-state index is 0.0228. The van der Waals surface area contributed by atoms with Crippen LogP contribution in [0.5, 0.6) is 0 Å². The normalized spacial score (nSPS) is 12.2. The molecule has 1 atom stereocenters. The molecule has 0 heterocycles. The predicted octanol–water partition coefficient (Wildman–Crippen LogP) is 4.46. The third-order valence-corrected chi connectivity index (χ3v) is 3.93. The van der Waals surface area contributed by atoms with Crippen molar-refractivity contribution in [3.05, 3.63) is 33.8 Å². The summed E-state index contributed by atoms with van der Waals surface area (Å²) in [6, 6.07) is 5.93. The maximum absolute atomic E-state index is 12.0. The Hall–Kier alpha value is -0.830. The number of nitrogens with one attached hydrogen (secondary N) is 1. The highest BCUT2D eigenvalue weighted by molar-refractivity contribution is 9.10. The molecule has 1 amide bonds. The van der Waals surface area contributed by atoms with Crippen molar-refractivity contribution in [2.45, 2.75) is 52.5 Å². The molecule has 1 rings (SSSR count). The highest BCUT2D eigenvalue weighted by Crippen LogP contribution is 2.17. The lowest BCUT2D eigenvalue weighted by Gasteiger charge is -2.14. The molecule has 2 nitrogen and oxygen atoms in total. The summed E-state index contributed by atoms with van der Waals surface area (Å²) in [5.74, 6) is 0.0228. The van der Waals surface area contributed by atoms with E-state index >= 15 is 0 Å². The quantitative estimate of drug-likeness (QED) is 0.772. The third-order valence-electron chi connectivity index (χ3n) is 3.04. The number of aryl methyl sites for hydroxylation is 1. The van der Waals surface area contributed by atoms with Crippen molar-refractivity contribution in [1.82, 2.24) is 5.32 Å². The topological polar surface area (TPSA) is 29.1 Å². The van der Waals surface area contributed by atoms with Gasteiger partial charge in [0.25, 0.3) is 5.91 Å². The maximum atomic E-state index is 12.0. The van der Waals surface area contributed by atoms with Crippen LogP contribution in [0.25, 0.3) is 0 Å². The van der Waals surface area contributed by atoms with Crippen LogP contribution in [0, 0.1) is 6.92 Å². The number of rotatable bonds is 6. The zero-order valence-corrected chi connectivity index (χ0v) is 13.0. The Bertz CT molecular complexity index is 403. The average molecular weight is 312 g/mol. The summed E-state index contributed by atoms with van der Waals surface area (Å²) in [7, 11) is 0. The molecular formula is C15H22BrNO. The molecular weight excluding hydrogens is 290 g/mol. The van der Waals surface area contributed by atoms with Crippen molar-refractivity contribution in [3.63, 3.8) is 0 Å². The molecule has 18 heavy (non-hydrogen) atoms. The number of carbonyl (C=O) groups excluding carboxylic acids is 1. The Kier molecular flexibility index (Phi) is 6.41. The third kappa shape index (κ3) is 4.81. The molecule has 0 aliphatic rings. The SMILES string of the molecule is CCCCCC(C)NC(=O)c1ccc(Br)c(C)c1. The molecule has 3 heteroatoms. The van der Waals surface area contributed by atoms with Crippen LogP contribution < -0.4 is 5.32 Å². The highest BCUT2D eigenvalue weighted by Gasteiger charge is 2.10. The fraction of sp³-hybridized carbons (Fsp3) is 0.533. The van der Waals surface area contributed by atoms with E-state index in [4.69, 9.17) is 0 Å². The molecule has 1 unspecified atom stereocenters. The second-order valence-corrected chi connectivity index (χ2v) is 5.69. The van der Waals surface area contributed by atoms with Gasteiger partial charge in [-0.2, -0.15) is 0 Å². The second kappa shape index (κ2) is 7.57. The van der Waals surface area contributed by atoms with E-state index in [1.807, 2.05) is 25.1 Å². The van der Waals surface area contributed by atoms with Crippen LogP contribution >= 0.6 is 15.9 Å². The van der Waals surface area contributed by atoms with E-state index in [1.165, 1.54) is 19.3 Å². The van der Waals surface area contributed by atoms with E-state index in [1.54, 1.807) is 0 Å². The van der Waals surface area contributed by atoms with Gasteiger partial charge in [-0.05, 0) is 44.0 Å². The van der Waals surface area contributed by atoms with Crippen molar-refractivity contribution in [2.75, 3.05) is 0 Å². The fourth-order valence-electron chi connectivity index (χ4n) is 1.87. The largest absolute Gasteiger partial charge is 0.350 e. The zero-order chi connectivity index (χ0) is 13.5. The van der Waals surface area contributed by atoms with Gasteiger partial charge in [-0.3, -0.25) is 4.79 Å². The minimum atomic E-state index is 0.0228. The maximum Gasteiger partial charge on any atom is 0.251 e. The summed E-state index contributed by atoms with van der Waals surface area (Å²) >= 11 is 3.44. The molecule has 0 saturated heterocycles. The monoisotopic (exact) mass is 311 g/mol. The standard InChI is InChI=1S/C15H22BrNO/c1-4-5-6-7-12(3)17-15(18)13-8-9-14(16)11(2)10-13/h8-10,12H,4-7H2,1-3H3,(H,17,18). The molecule has 0 fully saturated rings. The Morgan fingerprint density at radius 2 is 2.11 bits per heavy atom. The van der Waals surface area contributed by atoms with Crippen molar-refractivity contribution < 1.29 is 4.79 Å². The average Bonchev–Trinajstić information content (AvgIpc) is 2.33. The van der Waals surface area contributed by atoms with Crippen LogP contribution in [0.15, 0.2) is 22.7 Å². The molecule has 0 saturated carbocycles. The van der Waals surface area contributed by atoms with Gasteiger partial charge in [0.15, 0.2) is 0 Å². The summed E-state index contributed by atoms with van der Waals surface area (Å²) in [5.41, 5.74) is 1.82. The molecule has 0 aromatic heterocycles. The van der Waals surface area contributed by atoms with Gasteiger partial charge in [0.05, 0.1) is 0 Å². The van der Waals surface area contributed by atoms with Crippen LogP contribution in [-0.4, -0.2) is 11.9 Å². The molecule has 0 spiro atoms. The Morgan fingerprint density at radius 3 is 2.72 bits per heavy atom. The molecule has 0 aliphatic carbocycles. The van der Waals surface area contributed by atoms with Gasteiger partial charge in [0.2, 0.25) is 0 Å². The van der Waals surface area contributed by atoms with E-state index in [2.05, 4.69) is 35.1 Å². The first-order chi connectivity index (χ1) is 8.54. The van der Waals surface area contributed by atoms with Gasteiger partial charge in [0.1, 0.15) is 0 Å². The highest BCUT2D eigenvalue weighted by atomic mass is 79.9. The van der Waals surface area contributed by atoms with Crippen LogP contribution in [0.2, 0.25) is 0 Å². The van der Waals surface area contributed by atoms with E-state index in [0.717, 1.165) is 22.0 Å². The molecule has 0 bridgehead atoms. The molecule has 1 aromatic carbocycles. The van der Waals surface area contributed by atoms with Crippen LogP contribution in [0.3, 0.4) is 0 Å². The number of hydrogen-bond donors (Lipinski definition) is 1. The lowest BCUT2D eigenvalue weighted by molar-refractivity contribution is 0.0938.